The van der Waals surface area contributed by atoms with Crippen LogP contribution in [0.3, 0.4) is 0 Å². The first-order chi connectivity index (χ1) is 13.5. The zero-order chi connectivity index (χ0) is 19.8. The first-order valence-corrected chi connectivity index (χ1v) is 9.80. The third-order valence-electron chi connectivity index (χ3n) is 4.65. The summed E-state index contributed by atoms with van der Waals surface area (Å²) in [6.45, 7) is 6.00. The summed E-state index contributed by atoms with van der Waals surface area (Å²) in [6, 6.07) is 15.8. The van der Waals surface area contributed by atoms with Crippen molar-refractivity contribution in [3.05, 3.63) is 70.2 Å². The maximum atomic E-state index is 12.9. The Bertz CT molecular complexity index is 1170. The van der Waals surface area contributed by atoms with E-state index in [2.05, 4.69) is 29.5 Å². The molecule has 1 amide bonds. The van der Waals surface area contributed by atoms with E-state index in [4.69, 9.17) is 4.74 Å². The summed E-state index contributed by atoms with van der Waals surface area (Å²) >= 11 is 1.44. The van der Waals surface area contributed by atoms with Crippen LogP contribution in [0.5, 0.6) is 5.75 Å². The highest BCUT2D eigenvalue weighted by molar-refractivity contribution is 7.20. The predicted octanol–water partition coefficient (Wildman–Crippen LogP) is 5.27. The third kappa shape index (κ3) is 3.27. The predicted molar refractivity (Wildman–Crippen MR) is 114 cm³/mol. The number of aromatic nitrogens is 2. The number of aryl methyl sites for hydroxylation is 3. The summed E-state index contributed by atoms with van der Waals surface area (Å²) in [5.41, 5.74) is 4.80. The molecule has 0 radical (unpaired) electrons. The van der Waals surface area contributed by atoms with Crippen molar-refractivity contribution in [3.63, 3.8) is 0 Å². The number of thiophene rings is 1. The number of rotatable bonds is 4. The SMILES string of the molecule is COc1ccc(C)cc1NC(=O)c1cc2c(C)nn(-c3ccc(C)cc3)c2s1. The second-order valence-electron chi connectivity index (χ2n) is 6.82. The second kappa shape index (κ2) is 7.13. The van der Waals surface area contributed by atoms with Gasteiger partial charge in [0.15, 0.2) is 0 Å². The molecule has 0 aliphatic heterocycles. The van der Waals surface area contributed by atoms with Crippen LogP contribution in [0.15, 0.2) is 48.5 Å². The van der Waals surface area contributed by atoms with E-state index in [0.717, 1.165) is 27.2 Å². The van der Waals surface area contributed by atoms with E-state index in [1.807, 2.05) is 54.9 Å². The van der Waals surface area contributed by atoms with E-state index in [9.17, 15) is 4.79 Å². The molecule has 2 aromatic heterocycles. The van der Waals surface area contributed by atoms with Gasteiger partial charge in [-0.3, -0.25) is 4.79 Å². The van der Waals surface area contributed by atoms with Crippen LogP contribution >= 0.6 is 11.3 Å². The summed E-state index contributed by atoms with van der Waals surface area (Å²) in [4.78, 5) is 14.5. The highest BCUT2D eigenvalue weighted by atomic mass is 32.1. The van der Waals surface area contributed by atoms with Gasteiger partial charge in [0.25, 0.3) is 5.91 Å². The molecule has 0 bridgehead atoms. The maximum absolute atomic E-state index is 12.9. The number of hydrogen-bond donors (Lipinski definition) is 1. The molecule has 5 nitrogen and oxygen atoms in total. The largest absolute Gasteiger partial charge is 0.495 e. The fraction of sp³-hybridized carbons (Fsp3) is 0.182. The normalized spacial score (nSPS) is 11.0. The molecule has 28 heavy (non-hydrogen) atoms. The van der Waals surface area contributed by atoms with E-state index < -0.39 is 0 Å². The van der Waals surface area contributed by atoms with Gasteiger partial charge >= 0.3 is 0 Å². The molecule has 0 saturated carbocycles. The number of benzene rings is 2. The second-order valence-corrected chi connectivity index (χ2v) is 7.85. The van der Waals surface area contributed by atoms with Crippen LogP contribution in [-0.4, -0.2) is 22.8 Å². The minimum Gasteiger partial charge on any atom is -0.495 e. The van der Waals surface area contributed by atoms with Crippen molar-refractivity contribution in [3.8, 4) is 11.4 Å². The highest BCUT2D eigenvalue weighted by Crippen LogP contribution is 2.32. The monoisotopic (exact) mass is 391 g/mol. The molecule has 0 aliphatic rings. The summed E-state index contributed by atoms with van der Waals surface area (Å²) in [5, 5.41) is 8.61. The molecule has 0 atom stereocenters. The van der Waals surface area contributed by atoms with Gasteiger partial charge in [0, 0.05) is 5.39 Å². The molecule has 6 heteroatoms. The first kappa shape index (κ1) is 18.3. The number of amides is 1. The fourth-order valence-corrected chi connectivity index (χ4v) is 4.20. The fourth-order valence-electron chi connectivity index (χ4n) is 3.12. The molecular formula is C22H21N3O2S. The molecule has 0 saturated heterocycles. The van der Waals surface area contributed by atoms with E-state index in [1.165, 1.54) is 16.9 Å². The number of fused-ring (bicyclic) bond motifs is 1. The standard InChI is InChI=1S/C22H21N3O2S/c1-13-5-8-16(9-6-13)25-22-17(15(3)24-25)12-20(28-22)21(26)23-18-11-14(2)7-10-19(18)27-4/h5-12H,1-4H3,(H,23,26). The van der Waals surface area contributed by atoms with Gasteiger partial charge in [-0.2, -0.15) is 5.10 Å². The lowest BCUT2D eigenvalue weighted by Gasteiger charge is -2.10. The Morgan fingerprint density at radius 2 is 1.75 bits per heavy atom. The zero-order valence-electron chi connectivity index (χ0n) is 16.2. The number of nitrogens with one attached hydrogen (secondary N) is 1. The van der Waals surface area contributed by atoms with Crippen LogP contribution in [0, 0.1) is 20.8 Å². The Balaban J connectivity index is 1.70. The van der Waals surface area contributed by atoms with Crippen molar-refractivity contribution in [2.75, 3.05) is 12.4 Å². The van der Waals surface area contributed by atoms with Crippen molar-refractivity contribution < 1.29 is 9.53 Å². The molecule has 0 aliphatic carbocycles. The number of carbonyl (C=O) groups excluding carboxylic acids is 1. The Morgan fingerprint density at radius 1 is 1.04 bits per heavy atom. The van der Waals surface area contributed by atoms with Gasteiger partial charge in [-0.15, -0.1) is 11.3 Å². The van der Waals surface area contributed by atoms with Crippen LogP contribution in [-0.2, 0) is 0 Å². The minimum absolute atomic E-state index is 0.153. The summed E-state index contributed by atoms with van der Waals surface area (Å²) in [7, 11) is 1.60. The zero-order valence-corrected chi connectivity index (χ0v) is 17.1. The average molecular weight is 391 g/mol. The van der Waals surface area contributed by atoms with Crippen molar-refractivity contribution in [2.24, 2.45) is 0 Å². The molecule has 4 rings (SSSR count). The van der Waals surface area contributed by atoms with Gasteiger partial charge < -0.3 is 10.1 Å². The van der Waals surface area contributed by atoms with Crippen LogP contribution in [0.25, 0.3) is 15.9 Å². The summed E-state index contributed by atoms with van der Waals surface area (Å²) in [5.74, 6) is 0.488. The number of carbonyl (C=O) groups is 1. The van der Waals surface area contributed by atoms with E-state index in [-0.39, 0.29) is 5.91 Å². The van der Waals surface area contributed by atoms with E-state index in [0.29, 0.717) is 16.3 Å². The smallest absolute Gasteiger partial charge is 0.265 e. The van der Waals surface area contributed by atoms with Crippen molar-refractivity contribution in [2.45, 2.75) is 20.8 Å². The van der Waals surface area contributed by atoms with Crippen LogP contribution in [0.2, 0.25) is 0 Å². The molecular weight excluding hydrogens is 370 g/mol. The Labute approximate surface area is 167 Å². The van der Waals surface area contributed by atoms with Crippen LogP contribution < -0.4 is 10.1 Å². The van der Waals surface area contributed by atoms with E-state index in [1.54, 1.807) is 7.11 Å². The van der Waals surface area contributed by atoms with Crippen LogP contribution in [0.4, 0.5) is 5.69 Å². The lowest BCUT2D eigenvalue weighted by atomic mass is 10.2. The molecule has 0 unspecified atom stereocenters. The minimum atomic E-state index is -0.153. The Hall–Kier alpha value is -3.12. The van der Waals surface area contributed by atoms with Gasteiger partial charge in [-0.05, 0) is 56.7 Å². The molecule has 2 heterocycles. The number of ether oxygens (including phenoxy) is 1. The first-order valence-electron chi connectivity index (χ1n) is 8.98. The quantitative estimate of drug-likeness (QED) is 0.515. The number of nitrogens with zero attached hydrogens (tertiary/aromatic N) is 2. The summed E-state index contributed by atoms with van der Waals surface area (Å²) < 4.78 is 7.26. The van der Waals surface area contributed by atoms with Gasteiger partial charge in [0.1, 0.15) is 10.6 Å². The Kier molecular flexibility index (Phi) is 4.65. The van der Waals surface area contributed by atoms with Gasteiger partial charge in [0.2, 0.25) is 0 Å². The van der Waals surface area contributed by atoms with Crippen molar-refractivity contribution >= 4 is 33.1 Å². The van der Waals surface area contributed by atoms with E-state index >= 15 is 0 Å². The number of hydrogen-bond acceptors (Lipinski definition) is 4. The topological polar surface area (TPSA) is 56.1 Å². The van der Waals surface area contributed by atoms with Crippen LogP contribution in [0.1, 0.15) is 26.5 Å². The van der Waals surface area contributed by atoms with Gasteiger partial charge in [-0.1, -0.05) is 23.8 Å². The lowest BCUT2D eigenvalue weighted by molar-refractivity contribution is 0.103. The molecule has 1 N–H and O–H groups in total. The van der Waals surface area contributed by atoms with Crippen molar-refractivity contribution in [1.82, 2.24) is 9.78 Å². The van der Waals surface area contributed by atoms with Gasteiger partial charge in [0.05, 0.1) is 29.1 Å². The molecule has 4 aromatic rings. The number of methoxy groups -OCH3 is 1. The number of anilines is 1. The Morgan fingerprint density at radius 3 is 2.46 bits per heavy atom. The summed E-state index contributed by atoms with van der Waals surface area (Å²) in [6.07, 6.45) is 0. The average Bonchev–Trinajstić information content (AvgIpc) is 3.24. The maximum Gasteiger partial charge on any atom is 0.265 e. The molecule has 0 spiro atoms. The lowest BCUT2D eigenvalue weighted by Crippen LogP contribution is -2.11. The third-order valence-corrected chi connectivity index (χ3v) is 5.76. The van der Waals surface area contributed by atoms with Crippen molar-refractivity contribution in [1.29, 1.82) is 0 Å². The molecule has 142 valence electrons. The highest BCUT2D eigenvalue weighted by Gasteiger charge is 2.18. The van der Waals surface area contributed by atoms with Gasteiger partial charge in [-0.25, -0.2) is 4.68 Å². The molecule has 0 fully saturated rings. The molecule has 2 aromatic carbocycles.